The highest BCUT2D eigenvalue weighted by molar-refractivity contribution is 7.95. The Hall–Kier alpha value is -1.09. The zero-order valence-electron chi connectivity index (χ0n) is 9.82. The standard InChI is InChI=1S/C13H16O2S/c1-13(2,3)9-11-8-10-6-4-5-7-12(10)16(11,14)15/h4-8H,9H2,1-3H3. The van der Waals surface area contributed by atoms with Gasteiger partial charge in [-0.3, -0.25) is 0 Å². The van der Waals surface area contributed by atoms with Gasteiger partial charge in [0.1, 0.15) is 0 Å². The third-order valence-electron chi connectivity index (χ3n) is 2.57. The molecule has 0 saturated heterocycles. The van der Waals surface area contributed by atoms with E-state index in [1.54, 1.807) is 18.2 Å². The van der Waals surface area contributed by atoms with Crippen LogP contribution in [0.25, 0.3) is 6.08 Å². The zero-order valence-corrected chi connectivity index (χ0v) is 10.6. The number of rotatable bonds is 1. The van der Waals surface area contributed by atoms with E-state index in [1.165, 1.54) is 0 Å². The fourth-order valence-electron chi connectivity index (χ4n) is 1.91. The summed E-state index contributed by atoms with van der Waals surface area (Å²) in [5.74, 6) is 0. The molecule has 0 radical (unpaired) electrons. The number of hydrogen-bond donors (Lipinski definition) is 0. The van der Waals surface area contributed by atoms with E-state index in [1.807, 2.05) is 32.9 Å². The van der Waals surface area contributed by atoms with Crippen LogP contribution in [-0.4, -0.2) is 8.42 Å². The molecule has 1 aliphatic rings. The van der Waals surface area contributed by atoms with Gasteiger partial charge in [0.2, 0.25) is 9.84 Å². The van der Waals surface area contributed by atoms with E-state index in [2.05, 4.69) is 0 Å². The zero-order chi connectivity index (χ0) is 12.0. The average Bonchev–Trinajstić information content (AvgIpc) is 2.37. The van der Waals surface area contributed by atoms with Gasteiger partial charge in [-0.05, 0) is 29.5 Å². The lowest BCUT2D eigenvalue weighted by atomic mass is 9.92. The molecule has 0 unspecified atom stereocenters. The van der Waals surface area contributed by atoms with Gasteiger partial charge in [0.15, 0.2) is 0 Å². The molecule has 0 N–H and O–H groups in total. The van der Waals surface area contributed by atoms with Gasteiger partial charge in [-0.15, -0.1) is 0 Å². The highest BCUT2D eigenvalue weighted by Crippen LogP contribution is 2.38. The first-order chi connectivity index (χ1) is 7.31. The molecule has 2 rings (SSSR count). The van der Waals surface area contributed by atoms with Gasteiger partial charge < -0.3 is 0 Å². The summed E-state index contributed by atoms with van der Waals surface area (Å²) in [6.45, 7) is 6.14. The van der Waals surface area contributed by atoms with Crippen LogP contribution in [0.2, 0.25) is 0 Å². The van der Waals surface area contributed by atoms with Gasteiger partial charge >= 0.3 is 0 Å². The van der Waals surface area contributed by atoms with E-state index < -0.39 is 9.84 Å². The molecule has 0 bridgehead atoms. The smallest absolute Gasteiger partial charge is 0.203 e. The first-order valence-corrected chi connectivity index (χ1v) is 6.84. The Labute approximate surface area is 96.9 Å². The Kier molecular flexibility index (Phi) is 2.46. The van der Waals surface area contributed by atoms with Gasteiger partial charge in [0.05, 0.1) is 9.80 Å². The first kappa shape index (κ1) is 11.4. The number of hydrogen-bond acceptors (Lipinski definition) is 2. The quantitative estimate of drug-likeness (QED) is 0.750. The maximum atomic E-state index is 12.2. The second kappa shape index (κ2) is 3.45. The monoisotopic (exact) mass is 236 g/mol. The molecule has 2 nitrogen and oxygen atoms in total. The van der Waals surface area contributed by atoms with Gasteiger partial charge in [0.25, 0.3) is 0 Å². The molecule has 0 saturated carbocycles. The minimum atomic E-state index is -3.22. The van der Waals surface area contributed by atoms with E-state index in [9.17, 15) is 8.42 Å². The molecule has 16 heavy (non-hydrogen) atoms. The molecule has 0 atom stereocenters. The maximum absolute atomic E-state index is 12.2. The maximum Gasteiger partial charge on any atom is 0.203 e. The SMILES string of the molecule is CC(C)(C)CC1=Cc2ccccc2S1(=O)=O. The Morgan fingerprint density at radius 3 is 2.31 bits per heavy atom. The summed E-state index contributed by atoms with van der Waals surface area (Å²) in [7, 11) is -3.22. The molecule has 86 valence electrons. The molecule has 0 fully saturated rings. The van der Waals surface area contributed by atoms with Crippen molar-refractivity contribution in [2.24, 2.45) is 5.41 Å². The molecule has 3 heteroatoms. The van der Waals surface area contributed by atoms with Crippen molar-refractivity contribution in [3.8, 4) is 0 Å². The Bertz CT molecular complexity index is 546. The lowest BCUT2D eigenvalue weighted by molar-refractivity contribution is 0.416. The summed E-state index contributed by atoms with van der Waals surface area (Å²) in [6.07, 6.45) is 2.39. The van der Waals surface area contributed by atoms with Crippen LogP contribution in [0.15, 0.2) is 34.1 Å². The summed E-state index contributed by atoms with van der Waals surface area (Å²) in [4.78, 5) is 0.996. The van der Waals surface area contributed by atoms with E-state index in [0.717, 1.165) is 5.56 Å². The van der Waals surface area contributed by atoms with Crippen molar-refractivity contribution < 1.29 is 8.42 Å². The Balaban J connectivity index is 2.48. The van der Waals surface area contributed by atoms with Crippen molar-refractivity contribution in [1.29, 1.82) is 0 Å². The van der Waals surface area contributed by atoms with Crippen molar-refractivity contribution in [3.05, 3.63) is 34.7 Å². The number of sulfone groups is 1. The predicted octanol–water partition coefficient (Wildman–Crippen LogP) is 3.25. The highest BCUT2D eigenvalue weighted by Gasteiger charge is 2.31. The van der Waals surface area contributed by atoms with Crippen LogP contribution in [0.1, 0.15) is 32.8 Å². The van der Waals surface area contributed by atoms with Gasteiger partial charge in [-0.25, -0.2) is 8.42 Å². The van der Waals surface area contributed by atoms with Gasteiger partial charge in [-0.1, -0.05) is 39.0 Å². The Morgan fingerprint density at radius 1 is 1.12 bits per heavy atom. The van der Waals surface area contributed by atoms with Gasteiger partial charge in [-0.2, -0.15) is 0 Å². The first-order valence-electron chi connectivity index (χ1n) is 5.35. The third kappa shape index (κ3) is 1.92. The summed E-state index contributed by atoms with van der Waals surface area (Å²) >= 11 is 0. The lowest BCUT2D eigenvalue weighted by Crippen LogP contribution is -2.10. The van der Waals surface area contributed by atoms with Crippen LogP contribution >= 0.6 is 0 Å². The molecular formula is C13H16O2S. The summed E-state index contributed by atoms with van der Waals surface area (Å²) < 4.78 is 24.4. The van der Waals surface area contributed by atoms with Crippen molar-refractivity contribution in [1.82, 2.24) is 0 Å². The van der Waals surface area contributed by atoms with Crippen molar-refractivity contribution >= 4 is 15.9 Å². The van der Waals surface area contributed by atoms with Crippen molar-refractivity contribution in [2.75, 3.05) is 0 Å². The highest BCUT2D eigenvalue weighted by atomic mass is 32.2. The topological polar surface area (TPSA) is 34.1 Å². The lowest BCUT2D eigenvalue weighted by Gasteiger charge is -2.18. The number of benzene rings is 1. The van der Waals surface area contributed by atoms with Crippen LogP contribution in [0.3, 0.4) is 0 Å². The van der Waals surface area contributed by atoms with Crippen LogP contribution in [0.5, 0.6) is 0 Å². The molecule has 0 spiro atoms. The van der Waals surface area contributed by atoms with Gasteiger partial charge in [0, 0.05) is 0 Å². The van der Waals surface area contributed by atoms with Crippen molar-refractivity contribution in [3.63, 3.8) is 0 Å². The second-order valence-corrected chi connectivity index (χ2v) is 7.36. The third-order valence-corrected chi connectivity index (χ3v) is 4.48. The molecular weight excluding hydrogens is 220 g/mol. The second-order valence-electron chi connectivity index (χ2n) is 5.39. The minimum Gasteiger partial charge on any atom is -0.219 e. The molecule has 0 aliphatic carbocycles. The molecule has 1 aliphatic heterocycles. The largest absolute Gasteiger partial charge is 0.219 e. The van der Waals surface area contributed by atoms with E-state index in [4.69, 9.17) is 0 Å². The van der Waals surface area contributed by atoms with Crippen LogP contribution in [0, 0.1) is 5.41 Å². The molecule has 1 aromatic carbocycles. The van der Waals surface area contributed by atoms with Crippen LogP contribution in [-0.2, 0) is 9.84 Å². The van der Waals surface area contributed by atoms with E-state index in [0.29, 0.717) is 16.2 Å². The van der Waals surface area contributed by atoms with E-state index >= 15 is 0 Å². The van der Waals surface area contributed by atoms with Crippen LogP contribution < -0.4 is 0 Å². The van der Waals surface area contributed by atoms with Crippen molar-refractivity contribution in [2.45, 2.75) is 32.1 Å². The predicted molar refractivity (Wildman–Crippen MR) is 65.7 cm³/mol. The number of allylic oxidation sites excluding steroid dienone is 1. The summed E-state index contributed by atoms with van der Waals surface area (Å²) in [5.41, 5.74) is 0.808. The minimum absolute atomic E-state index is 0.0130. The average molecular weight is 236 g/mol. The fourth-order valence-corrected chi connectivity index (χ4v) is 3.79. The summed E-state index contributed by atoms with van der Waals surface area (Å²) in [6, 6.07) is 7.16. The van der Waals surface area contributed by atoms with E-state index in [-0.39, 0.29) is 5.41 Å². The molecule has 1 heterocycles. The fraction of sp³-hybridized carbons (Fsp3) is 0.385. The molecule has 0 amide bonds. The molecule has 1 aromatic rings. The summed E-state index contributed by atoms with van der Waals surface area (Å²) in [5, 5.41) is 0. The van der Waals surface area contributed by atoms with Crippen LogP contribution in [0.4, 0.5) is 0 Å². The number of fused-ring (bicyclic) bond motifs is 1. The molecule has 0 aromatic heterocycles. The normalized spacial score (nSPS) is 18.1. The Morgan fingerprint density at radius 2 is 1.75 bits per heavy atom.